The van der Waals surface area contributed by atoms with Gasteiger partial charge in [0.1, 0.15) is 26.7 Å². The molecule has 288 valence electrons. The van der Waals surface area contributed by atoms with Crippen LogP contribution in [0.1, 0.15) is 47.3 Å². The maximum atomic E-state index is 12.7. The lowest BCUT2D eigenvalue weighted by Gasteiger charge is -2.10. The van der Waals surface area contributed by atoms with Crippen molar-refractivity contribution in [3.63, 3.8) is 0 Å². The number of rotatable bonds is 10. The molecule has 0 unspecified atom stereocenters. The van der Waals surface area contributed by atoms with E-state index in [2.05, 4.69) is 25.6 Å². The van der Waals surface area contributed by atoms with E-state index < -0.39 is 35.8 Å². The minimum atomic E-state index is -4.73. The molecular weight excluding hydrogens is 822 g/mol. The van der Waals surface area contributed by atoms with Gasteiger partial charge in [-0.3, -0.25) is 9.59 Å². The Morgan fingerprint density at radius 2 is 1.16 bits per heavy atom. The number of carboxylic acids is 2. The summed E-state index contributed by atoms with van der Waals surface area (Å²) >= 11 is 13.8. The van der Waals surface area contributed by atoms with Crippen LogP contribution in [0.5, 0.6) is 11.8 Å². The zero-order valence-electron chi connectivity index (χ0n) is 28.5. The van der Waals surface area contributed by atoms with Gasteiger partial charge < -0.3 is 30.3 Å². The standard InChI is InChI=1S/C19H15ClN2O5S.C17H9ClF3N3O3S/c1-26-14-8-7-12(17(21-14)27-2)16(23)22-18-15(19(24)25)13(9-28-18)10-3-5-11(20)6-4-10;18-10-3-1-8(2-4-10)11-7-28-14(12(11)15(26)27)24-13(25)9-5-22-16(23-6-9)17(19,20)21/h3-9H,1-2H3,(H,22,23)(H,24,25);1-7H,(H,24,25)(H,26,27). The number of aromatic nitrogens is 3. The molecule has 4 aromatic heterocycles. The number of anilines is 2. The van der Waals surface area contributed by atoms with Crippen LogP contribution < -0.4 is 20.1 Å². The van der Waals surface area contributed by atoms with Crippen molar-refractivity contribution in [3.05, 3.63) is 122 Å². The fourth-order valence-corrected chi connectivity index (χ4v) is 6.98. The topological polar surface area (TPSA) is 190 Å². The second kappa shape index (κ2) is 17.6. The minimum absolute atomic E-state index is 0.00103. The van der Waals surface area contributed by atoms with Gasteiger partial charge in [-0.05, 0) is 41.5 Å². The number of hydrogen-bond donors (Lipinski definition) is 4. The highest BCUT2D eigenvalue weighted by molar-refractivity contribution is 7.15. The molecule has 0 spiro atoms. The lowest BCUT2D eigenvalue weighted by Crippen LogP contribution is -2.16. The third-order valence-corrected chi connectivity index (χ3v) is 9.72. The third kappa shape index (κ3) is 9.58. The largest absolute Gasteiger partial charge is 0.481 e. The summed E-state index contributed by atoms with van der Waals surface area (Å²) in [7, 11) is 2.83. The normalized spacial score (nSPS) is 10.8. The monoisotopic (exact) mass is 845 g/mol. The van der Waals surface area contributed by atoms with Gasteiger partial charge in [-0.15, -0.1) is 22.7 Å². The average Bonchev–Trinajstić information content (AvgIpc) is 3.79. The number of carboxylic acid groups (broad SMARTS) is 2. The molecule has 13 nitrogen and oxygen atoms in total. The first-order chi connectivity index (χ1) is 26.6. The minimum Gasteiger partial charge on any atom is -0.481 e. The molecule has 2 amide bonds. The number of amides is 2. The fraction of sp³-hybridized carbons (Fsp3) is 0.0833. The van der Waals surface area contributed by atoms with Gasteiger partial charge in [0.05, 0.1) is 19.8 Å². The van der Waals surface area contributed by atoms with Crippen LogP contribution in [-0.2, 0) is 6.18 Å². The van der Waals surface area contributed by atoms with Gasteiger partial charge in [0.15, 0.2) is 0 Å². The first kappa shape index (κ1) is 41.1. The molecule has 6 aromatic rings. The molecule has 0 aliphatic carbocycles. The summed E-state index contributed by atoms with van der Waals surface area (Å²) < 4.78 is 47.6. The van der Waals surface area contributed by atoms with Crippen molar-refractivity contribution < 1.29 is 52.0 Å². The van der Waals surface area contributed by atoms with E-state index in [-0.39, 0.29) is 38.1 Å². The first-order valence-electron chi connectivity index (χ1n) is 15.4. The van der Waals surface area contributed by atoms with E-state index in [1.807, 2.05) is 0 Å². The van der Waals surface area contributed by atoms with Gasteiger partial charge in [0.2, 0.25) is 17.6 Å². The summed E-state index contributed by atoms with van der Waals surface area (Å²) in [6.07, 6.45) is -3.29. The van der Waals surface area contributed by atoms with Crippen LogP contribution in [-0.4, -0.2) is 63.1 Å². The molecule has 0 aliphatic heterocycles. The summed E-state index contributed by atoms with van der Waals surface area (Å²) in [6, 6.07) is 16.3. The summed E-state index contributed by atoms with van der Waals surface area (Å²) in [5.41, 5.74) is 1.89. The van der Waals surface area contributed by atoms with Crippen LogP contribution in [0.3, 0.4) is 0 Å². The molecule has 0 atom stereocenters. The smallest absolute Gasteiger partial charge is 0.451 e. The van der Waals surface area contributed by atoms with E-state index in [0.29, 0.717) is 38.2 Å². The number of alkyl halides is 3. The number of thiophene rings is 2. The highest BCUT2D eigenvalue weighted by Crippen LogP contribution is 2.38. The quantitative estimate of drug-likeness (QED) is 0.103. The molecule has 4 N–H and O–H groups in total. The number of nitrogens with one attached hydrogen (secondary N) is 2. The summed E-state index contributed by atoms with van der Waals surface area (Å²) in [5, 5.41) is 28.7. The zero-order chi connectivity index (χ0) is 40.7. The Bertz CT molecular complexity index is 2410. The van der Waals surface area contributed by atoms with E-state index in [0.717, 1.165) is 35.1 Å². The van der Waals surface area contributed by atoms with Gasteiger partial charge in [-0.25, -0.2) is 19.6 Å². The first-order valence-corrected chi connectivity index (χ1v) is 17.9. The van der Waals surface area contributed by atoms with Gasteiger partial charge in [0, 0.05) is 50.4 Å². The predicted octanol–water partition coefficient (Wildman–Crippen LogP) is 9.26. The lowest BCUT2D eigenvalue weighted by molar-refractivity contribution is -0.145. The van der Waals surface area contributed by atoms with Crippen molar-refractivity contribution in [2.24, 2.45) is 0 Å². The number of ether oxygens (including phenoxy) is 2. The molecule has 2 aromatic carbocycles. The highest BCUT2D eigenvalue weighted by atomic mass is 35.5. The Balaban J connectivity index is 0.000000214. The molecule has 6 rings (SSSR count). The highest BCUT2D eigenvalue weighted by Gasteiger charge is 2.34. The van der Waals surface area contributed by atoms with Crippen LogP contribution in [0.15, 0.2) is 83.8 Å². The van der Waals surface area contributed by atoms with Crippen molar-refractivity contribution in [2.45, 2.75) is 6.18 Å². The van der Waals surface area contributed by atoms with Crippen LogP contribution in [0, 0.1) is 0 Å². The predicted molar refractivity (Wildman–Crippen MR) is 204 cm³/mol. The van der Waals surface area contributed by atoms with Gasteiger partial charge in [-0.2, -0.15) is 18.2 Å². The Morgan fingerprint density at radius 1 is 0.696 bits per heavy atom. The Morgan fingerprint density at radius 3 is 1.57 bits per heavy atom. The maximum absolute atomic E-state index is 12.7. The number of nitrogens with zero attached hydrogens (tertiary/aromatic N) is 3. The molecule has 0 saturated carbocycles. The second-order valence-corrected chi connectivity index (χ2v) is 13.6. The summed E-state index contributed by atoms with van der Waals surface area (Å²) in [6.45, 7) is 0. The summed E-state index contributed by atoms with van der Waals surface area (Å²) in [5.74, 6) is -4.81. The van der Waals surface area contributed by atoms with Crippen molar-refractivity contribution in [3.8, 4) is 34.0 Å². The maximum Gasteiger partial charge on any atom is 0.451 e. The molecule has 0 bridgehead atoms. The third-order valence-electron chi connectivity index (χ3n) is 7.42. The van der Waals surface area contributed by atoms with Crippen LogP contribution >= 0.6 is 45.9 Å². The molecule has 20 heteroatoms. The van der Waals surface area contributed by atoms with Gasteiger partial charge in [-0.1, -0.05) is 47.5 Å². The van der Waals surface area contributed by atoms with E-state index >= 15 is 0 Å². The Kier molecular flexibility index (Phi) is 12.9. The van der Waals surface area contributed by atoms with Gasteiger partial charge >= 0.3 is 18.1 Å². The van der Waals surface area contributed by atoms with E-state index in [1.54, 1.807) is 59.3 Å². The number of pyridine rings is 1. The van der Waals surface area contributed by atoms with Crippen molar-refractivity contribution in [1.29, 1.82) is 0 Å². The number of methoxy groups -OCH3 is 2. The number of aromatic carboxylic acids is 2. The summed E-state index contributed by atoms with van der Waals surface area (Å²) in [4.78, 5) is 58.8. The van der Waals surface area contributed by atoms with Crippen molar-refractivity contribution in [2.75, 3.05) is 24.9 Å². The molecular formula is C36H24Cl2F3N5O8S2. The molecule has 56 heavy (non-hydrogen) atoms. The number of carbonyl (C=O) groups excluding carboxylic acids is 2. The van der Waals surface area contributed by atoms with E-state index in [1.165, 1.54) is 26.4 Å². The average molecular weight is 847 g/mol. The van der Waals surface area contributed by atoms with Crippen molar-refractivity contribution in [1.82, 2.24) is 15.0 Å². The molecule has 0 fully saturated rings. The number of carbonyl (C=O) groups is 4. The number of hydrogen-bond acceptors (Lipinski definition) is 11. The lowest BCUT2D eigenvalue weighted by atomic mass is 10.0. The van der Waals surface area contributed by atoms with Crippen LogP contribution in [0.2, 0.25) is 10.0 Å². The molecule has 0 radical (unpaired) electrons. The SMILES string of the molecule is COc1ccc(C(=O)Nc2scc(-c3ccc(Cl)cc3)c2C(=O)O)c(OC)n1.O=C(Nc1scc(-c2ccc(Cl)cc2)c1C(=O)O)c1cnc(C(F)(F)F)nc1. The second-order valence-electron chi connectivity index (χ2n) is 10.9. The van der Waals surface area contributed by atoms with E-state index in [9.17, 15) is 42.6 Å². The van der Waals surface area contributed by atoms with Crippen LogP contribution in [0.4, 0.5) is 23.2 Å². The van der Waals surface area contributed by atoms with Crippen LogP contribution in [0.25, 0.3) is 22.3 Å². The number of halogens is 5. The van der Waals surface area contributed by atoms with Gasteiger partial charge in [0.25, 0.3) is 11.8 Å². The van der Waals surface area contributed by atoms with E-state index in [4.69, 9.17) is 32.7 Å². The molecule has 0 aliphatic rings. The Labute approximate surface area is 332 Å². The molecule has 4 heterocycles. The zero-order valence-corrected chi connectivity index (χ0v) is 31.6. The fourth-order valence-electron chi connectivity index (χ4n) is 4.81. The number of benzene rings is 2. The Hall–Kier alpha value is -6.08. The van der Waals surface area contributed by atoms with Crippen molar-refractivity contribution >= 4 is 79.6 Å². The molecule has 0 saturated heterocycles.